The number of carbonyl (C=O) groups excluding carboxylic acids is 2. The summed E-state index contributed by atoms with van der Waals surface area (Å²) in [5.41, 5.74) is -0.218. The molecule has 0 spiro atoms. The molecule has 5 heteroatoms. The Balaban J connectivity index is 2.31. The van der Waals surface area contributed by atoms with Crippen molar-refractivity contribution in [2.45, 2.75) is 52.1 Å². The first kappa shape index (κ1) is 13.8. The van der Waals surface area contributed by atoms with E-state index in [1.807, 2.05) is 25.7 Å². The van der Waals surface area contributed by atoms with Gasteiger partial charge in [0.2, 0.25) is 5.91 Å². The fraction of sp³-hybridized carbons (Fsp3) is 0.833. The number of piperidine rings is 1. The highest BCUT2D eigenvalue weighted by molar-refractivity contribution is 5.75. The standard InChI is InChI=1S/C12H23N3O2/c1-9(16)15-7-5-10(6-8-15)13-11(17)14-12(2,3)4/h10H,5-8H2,1-4H3,(H2,13,14,17). The van der Waals surface area contributed by atoms with Crippen molar-refractivity contribution >= 4 is 11.9 Å². The zero-order valence-electron chi connectivity index (χ0n) is 11.2. The largest absolute Gasteiger partial charge is 0.343 e. The number of hydrogen-bond donors (Lipinski definition) is 2. The summed E-state index contributed by atoms with van der Waals surface area (Å²) in [6.07, 6.45) is 1.66. The van der Waals surface area contributed by atoms with Crippen LogP contribution in [0.3, 0.4) is 0 Å². The summed E-state index contributed by atoms with van der Waals surface area (Å²) in [4.78, 5) is 24.6. The highest BCUT2D eigenvalue weighted by Crippen LogP contribution is 2.10. The van der Waals surface area contributed by atoms with Gasteiger partial charge in [0, 0.05) is 31.6 Å². The fourth-order valence-electron chi connectivity index (χ4n) is 1.90. The molecule has 5 nitrogen and oxygen atoms in total. The molecule has 0 atom stereocenters. The van der Waals surface area contributed by atoms with E-state index in [2.05, 4.69) is 10.6 Å². The van der Waals surface area contributed by atoms with Crippen molar-refractivity contribution in [3.8, 4) is 0 Å². The molecule has 1 heterocycles. The zero-order chi connectivity index (χ0) is 13.1. The van der Waals surface area contributed by atoms with Gasteiger partial charge in [0.1, 0.15) is 0 Å². The van der Waals surface area contributed by atoms with Gasteiger partial charge in [-0.3, -0.25) is 4.79 Å². The van der Waals surface area contributed by atoms with E-state index in [-0.39, 0.29) is 23.5 Å². The summed E-state index contributed by atoms with van der Waals surface area (Å²) in [7, 11) is 0. The second kappa shape index (κ2) is 5.38. The Morgan fingerprint density at radius 1 is 1.18 bits per heavy atom. The average molecular weight is 241 g/mol. The van der Waals surface area contributed by atoms with Crippen molar-refractivity contribution in [3.05, 3.63) is 0 Å². The van der Waals surface area contributed by atoms with E-state index < -0.39 is 0 Å². The smallest absolute Gasteiger partial charge is 0.315 e. The monoisotopic (exact) mass is 241 g/mol. The van der Waals surface area contributed by atoms with Crippen LogP contribution in [0.25, 0.3) is 0 Å². The molecule has 0 bridgehead atoms. The van der Waals surface area contributed by atoms with Gasteiger partial charge in [-0.1, -0.05) is 0 Å². The van der Waals surface area contributed by atoms with Crippen molar-refractivity contribution in [1.29, 1.82) is 0 Å². The summed E-state index contributed by atoms with van der Waals surface area (Å²) in [5, 5.41) is 5.82. The average Bonchev–Trinajstić information content (AvgIpc) is 2.15. The molecule has 0 saturated carbocycles. The van der Waals surface area contributed by atoms with Gasteiger partial charge in [-0.25, -0.2) is 4.79 Å². The predicted molar refractivity (Wildman–Crippen MR) is 66.7 cm³/mol. The van der Waals surface area contributed by atoms with E-state index in [0.29, 0.717) is 0 Å². The van der Waals surface area contributed by atoms with Gasteiger partial charge in [-0.2, -0.15) is 0 Å². The summed E-state index contributed by atoms with van der Waals surface area (Å²) in [5.74, 6) is 0.114. The van der Waals surface area contributed by atoms with Gasteiger partial charge < -0.3 is 15.5 Å². The Hall–Kier alpha value is -1.26. The first-order valence-electron chi connectivity index (χ1n) is 6.12. The SMILES string of the molecule is CC(=O)N1CCC(NC(=O)NC(C)(C)C)CC1. The molecule has 3 amide bonds. The molecule has 1 aliphatic rings. The highest BCUT2D eigenvalue weighted by Gasteiger charge is 2.23. The van der Waals surface area contributed by atoms with Crippen LogP contribution < -0.4 is 10.6 Å². The Bertz CT molecular complexity index is 289. The van der Waals surface area contributed by atoms with Gasteiger partial charge in [0.05, 0.1) is 0 Å². The molecule has 1 saturated heterocycles. The van der Waals surface area contributed by atoms with E-state index >= 15 is 0 Å². The van der Waals surface area contributed by atoms with Crippen molar-refractivity contribution in [2.24, 2.45) is 0 Å². The maximum absolute atomic E-state index is 11.6. The summed E-state index contributed by atoms with van der Waals surface area (Å²) >= 11 is 0. The Morgan fingerprint density at radius 3 is 2.12 bits per heavy atom. The van der Waals surface area contributed by atoms with Crippen LogP contribution in [0.5, 0.6) is 0 Å². The highest BCUT2D eigenvalue weighted by atomic mass is 16.2. The Labute approximate surface area is 103 Å². The van der Waals surface area contributed by atoms with Gasteiger partial charge in [-0.05, 0) is 33.6 Å². The molecule has 0 aromatic carbocycles. The van der Waals surface area contributed by atoms with Crippen LogP contribution >= 0.6 is 0 Å². The molecule has 0 radical (unpaired) electrons. The minimum atomic E-state index is -0.218. The van der Waals surface area contributed by atoms with Gasteiger partial charge in [0.25, 0.3) is 0 Å². The zero-order valence-corrected chi connectivity index (χ0v) is 11.2. The molecule has 1 fully saturated rings. The fourth-order valence-corrected chi connectivity index (χ4v) is 1.90. The van der Waals surface area contributed by atoms with Crippen LogP contribution in [0.4, 0.5) is 4.79 Å². The number of urea groups is 1. The lowest BCUT2D eigenvalue weighted by molar-refractivity contribution is -0.129. The number of hydrogen-bond acceptors (Lipinski definition) is 2. The molecular weight excluding hydrogens is 218 g/mol. The summed E-state index contributed by atoms with van der Waals surface area (Å²) in [6.45, 7) is 8.90. The topological polar surface area (TPSA) is 61.4 Å². The summed E-state index contributed by atoms with van der Waals surface area (Å²) < 4.78 is 0. The second-order valence-corrected chi connectivity index (χ2v) is 5.63. The van der Waals surface area contributed by atoms with Crippen LogP contribution in [-0.4, -0.2) is 41.5 Å². The molecule has 0 aromatic rings. The maximum Gasteiger partial charge on any atom is 0.315 e. The van der Waals surface area contributed by atoms with E-state index in [1.165, 1.54) is 0 Å². The number of nitrogens with zero attached hydrogens (tertiary/aromatic N) is 1. The lowest BCUT2D eigenvalue weighted by Gasteiger charge is -2.32. The minimum Gasteiger partial charge on any atom is -0.343 e. The quantitative estimate of drug-likeness (QED) is 0.722. The lowest BCUT2D eigenvalue weighted by Crippen LogP contribution is -2.52. The third-order valence-electron chi connectivity index (χ3n) is 2.76. The molecular formula is C12H23N3O2. The number of amides is 3. The Kier molecular flexibility index (Phi) is 4.37. The maximum atomic E-state index is 11.6. The van der Waals surface area contributed by atoms with Crippen molar-refractivity contribution < 1.29 is 9.59 Å². The summed E-state index contributed by atoms with van der Waals surface area (Å²) in [6, 6.07) is 0.0479. The molecule has 0 aromatic heterocycles. The number of rotatable bonds is 1. The van der Waals surface area contributed by atoms with Gasteiger partial charge in [-0.15, -0.1) is 0 Å². The molecule has 17 heavy (non-hydrogen) atoms. The van der Waals surface area contributed by atoms with E-state index in [4.69, 9.17) is 0 Å². The number of nitrogens with one attached hydrogen (secondary N) is 2. The molecule has 0 unspecified atom stereocenters. The number of carbonyl (C=O) groups is 2. The van der Waals surface area contributed by atoms with Crippen LogP contribution in [0.1, 0.15) is 40.5 Å². The van der Waals surface area contributed by atoms with Crippen LogP contribution in [0, 0.1) is 0 Å². The molecule has 98 valence electrons. The Morgan fingerprint density at radius 2 is 1.71 bits per heavy atom. The third kappa shape index (κ3) is 5.06. The predicted octanol–water partition coefficient (Wildman–Crippen LogP) is 1.09. The molecule has 1 aliphatic heterocycles. The van der Waals surface area contributed by atoms with Crippen molar-refractivity contribution in [1.82, 2.24) is 15.5 Å². The molecule has 0 aliphatic carbocycles. The van der Waals surface area contributed by atoms with E-state index in [9.17, 15) is 9.59 Å². The number of likely N-dealkylation sites (tertiary alicyclic amines) is 1. The normalized spacial score (nSPS) is 17.8. The van der Waals surface area contributed by atoms with Crippen LogP contribution in [0.15, 0.2) is 0 Å². The van der Waals surface area contributed by atoms with Crippen molar-refractivity contribution in [2.75, 3.05) is 13.1 Å². The van der Waals surface area contributed by atoms with Gasteiger partial charge in [0.15, 0.2) is 0 Å². The van der Waals surface area contributed by atoms with E-state index in [0.717, 1.165) is 25.9 Å². The lowest BCUT2D eigenvalue weighted by atomic mass is 10.1. The second-order valence-electron chi connectivity index (χ2n) is 5.63. The molecule has 1 rings (SSSR count). The first-order valence-corrected chi connectivity index (χ1v) is 6.12. The first-order chi connectivity index (χ1) is 7.78. The van der Waals surface area contributed by atoms with E-state index in [1.54, 1.807) is 6.92 Å². The third-order valence-corrected chi connectivity index (χ3v) is 2.76. The molecule has 2 N–H and O–H groups in total. The van der Waals surface area contributed by atoms with Crippen LogP contribution in [0.2, 0.25) is 0 Å². The van der Waals surface area contributed by atoms with Gasteiger partial charge >= 0.3 is 6.03 Å². The minimum absolute atomic E-state index is 0.114. The van der Waals surface area contributed by atoms with Crippen LogP contribution in [-0.2, 0) is 4.79 Å². The van der Waals surface area contributed by atoms with Crippen molar-refractivity contribution in [3.63, 3.8) is 0 Å².